The number of carbonyl (C=O) groups is 2. The third-order valence-electron chi connectivity index (χ3n) is 1.72. The van der Waals surface area contributed by atoms with Crippen LogP contribution in [0.5, 0.6) is 0 Å². The van der Waals surface area contributed by atoms with Gasteiger partial charge < -0.3 is 10.7 Å². The molecule has 0 fully saturated rings. The number of amides is 3. The van der Waals surface area contributed by atoms with Gasteiger partial charge in [0.15, 0.2) is 17.5 Å². The fourth-order valence-electron chi connectivity index (χ4n) is 1.08. The number of imidazole rings is 1. The summed E-state index contributed by atoms with van der Waals surface area (Å²) in [6.45, 7) is 0. The number of carbonyl (C=O) groups excluding carboxylic acids is 2. The summed E-state index contributed by atoms with van der Waals surface area (Å²) in [4.78, 5) is 29.6. The third-order valence-corrected chi connectivity index (χ3v) is 1.72. The van der Waals surface area contributed by atoms with Gasteiger partial charge in [-0.2, -0.15) is 10.3 Å². The molecule has 3 N–H and O–H groups in total. The van der Waals surface area contributed by atoms with E-state index in [9.17, 15) is 9.59 Å². The highest BCUT2D eigenvalue weighted by atomic mass is 16.2. The van der Waals surface area contributed by atoms with Crippen LogP contribution < -0.4 is 16.0 Å². The first-order valence-electron chi connectivity index (χ1n) is 3.49. The number of nitrogens with zero attached hydrogens (tertiary/aromatic N) is 3. The van der Waals surface area contributed by atoms with Crippen molar-refractivity contribution in [3.8, 4) is 0 Å². The average molecular weight is 180 g/mol. The Hall–Kier alpha value is -2.05. The van der Waals surface area contributed by atoms with Crippen molar-refractivity contribution >= 4 is 23.7 Å². The second kappa shape index (κ2) is 2.22. The highest BCUT2D eigenvalue weighted by Gasteiger charge is 2.31. The van der Waals surface area contributed by atoms with Gasteiger partial charge in [-0.05, 0) is 0 Å². The molecule has 2 rings (SSSR count). The number of H-pyrrole nitrogens is 1. The highest BCUT2D eigenvalue weighted by molar-refractivity contribution is 6.15. The molecule has 1 aliphatic heterocycles. The minimum atomic E-state index is -0.637. The summed E-state index contributed by atoms with van der Waals surface area (Å²) in [6, 6.07) is -0.635. The summed E-state index contributed by atoms with van der Waals surface area (Å²) < 4.78 is 0. The molecule has 0 saturated carbocycles. The first kappa shape index (κ1) is 7.59. The molecule has 1 aromatic heterocycles. The van der Waals surface area contributed by atoms with Crippen molar-refractivity contribution in [1.29, 1.82) is 0 Å². The summed E-state index contributed by atoms with van der Waals surface area (Å²) >= 11 is 0. The molecule has 67 valence electrons. The van der Waals surface area contributed by atoms with E-state index in [1.807, 2.05) is 0 Å². The number of urea groups is 1. The van der Waals surface area contributed by atoms with Crippen molar-refractivity contribution in [2.45, 2.75) is 0 Å². The largest absolute Gasteiger partial charge is 0.369 e. The van der Waals surface area contributed by atoms with Crippen LogP contribution in [0.3, 0.4) is 0 Å². The quantitative estimate of drug-likeness (QED) is 0.550. The SMILES string of the molecule is CN1C(=O)[N]C(=O)c2[nH]c(N)nc21. The van der Waals surface area contributed by atoms with E-state index >= 15 is 0 Å². The van der Waals surface area contributed by atoms with Crippen molar-refractivity contribution in [2.75, 3.05) is 17.7 Å². The van der Waals surface area contributed by atoms with Gasteiger partial charge >= 0.3 is 11.9 Å². The number of anilines is 2. The number of aromatic nitrogens is 2. The van der Waals surface area contributed by atoms with E-state index in [2.05, 4.69) is 15.3 Å². The van der Waals surface area contributed by atoms with Crippen LogP contribution in [-0.2, 0) is 0 Å². The van der Waals surface area contributed by atoms with Gasteiger partial charge in [0.2, 0.25) is 0 Å². The number of nitrogens with two attached hydrogens (primary N) is 1. The Bertz CT molecular complexity index is 396. The number of nitrogen functional groups attached to an aromatic ring is 1. The Labute approximate surface area is 72.9 Å². The molecule has 0 unspecified atom stereocenters. The molecule has 0 aromatic carbocycles. The lowest BCUT2D eigenvalue weighted by atomic mass is 10.3. The number of fused-ring (bicyclic) bond motifs is 1. The predicted molar refractivity (Wildman–Crippen MR) is 43.3 cm³/mol. The van der Waals surface area contributed by atoms with Crippen LogP contribution >= 0.6 is 0 Å². The Morgan fingerprint density at radius 3 is 2.85 bits per heavy atom. The molecule has 0 saturated heterocycles. The standard InChI is InChI=1S/C6H6N5O2/c1-11-3-2(8-5(7)9-3)4(12)10-6(11)13/h1H3,(H3,7,8,9). The van der Waals surface area contributed by atoms with Crippen molar-refractivity contribution < 1.29 is 9.59 Å². The topological polar surface area (TPSA) is 106 Å². The lowest BCUT2D eigenvalue weighted by molar-refractivity contribution is 0.0953. The van der Waals surface area contributed by atoms with Crippen LogP contribution in [0, 0.1) is 0 Å². The van der Waals surface area contributed by atoms with Crippen LogP contribution in [0.2, 0.25) is 0 Å². The van der Waals surface area contributed by atoms with Gasteiger partial charge in [0, 0.05) is 7.05 Å². The van der Waals surface area contributed by atoms with E-state index in [0.29, 0.717) is 0 Å². The number of imide groups is 1. The van der Waals surface area contributed by atoms with E-state index in [-0.39, 0.29) is 17.5 Å². The molecule has 0 bridgehead atoms. The normalized spacial score (nSPS) is 15.6. The third kappa shape index (κ3) is 0.934. The Morgan fingerprint density at radius 2 is 2.15 bits per heavy atom. The summed E-state index contributed by atoms with van der Waals surface area (Å²) in [5, 5.41) is 3.24. The van der Waals surface area contributed by atoms with Crippen LogP contribution in [0.25, 0.3) is 0 Å². The van der Waals surface area contributed by atoms with Gasteiger partial charge in [-0.3, -0.25) is 9.69 Å². The molecule has 7 heteroatoms. The summed E-state index contributed by atoms with van der Waals surface area (Å²) in [5.74, 6) is -0.320. The van der Waals surface area contributed by atoms with E-state index in [1.165, 1.54) is 7.05 Å². The predicted octanol–water partition coefficient (Wildman–Crippen LogP) is -0.694. The molecular formula is C6H6N5O2. The molecule has 7 nitrogen and oxygen atoms in total. The number of rotatable bonds is 0. The Balaban J connectivity index is 2.59. The molecule has 13 heavy (non-hydrogen) atoms. The van der Waals surface area contributed by atoms with Crippen LogP contribution in [0.4, 0.5) is 16.6 Å². The van der Waals surface area contributed by atoms with E-state index in [0.717, 1.165) is 4.90 Å². The molecule has 1 aromatic rings. The number of hydrogen-bond donors (Lipinski definition) is 2. The lowest BCUT2D eigenvalue weighted by Gasteiger charge is -2.18. The molecule has 0 atom stereocenters. The van der Waals surface area contributed by atoms with Gasteiger partial charge in [0.25, 0.3) is 0 Å². The summed E-state index contributed by atoms with van der Waals surface area (Å²) in [5.41, 5.74) is 5.48. The fourth-order valence-corrected chi connectivity index (χ4v) is 1.08. The average Bonchev–Trinajstić information content (AvgIpc) is 2.44. The molecule has 0 spiro atoms. The zero-order valence-corrected chi connectivity index (χ0v) is 6.74. The molecule has 3 amide bonds. The van der Waals surface area contributed by atoms with Crippen LogP contribution in [-0.4, -0.2) is 29.0 Å². The van der Waals surface area contributed by atoms with E-state index < -0.39 is 11.9 Å². The van der Waals surface area contributed by atoms with Crippen molar-refractivity contribution in [1.82, 2.24) is 15.3 Å². The molecule has 1 aliphatic rings. The minimum absolute atomic E-state index is 0.0927. The Kier molecular flexibility index (Phi) is 1.30. The molecule has 2 heterocycles. The summed E-state index contributed by atoms with van der Waals surface area (Å²) in [7, 11) is 1.47. The molecular weight excluding hydrogens is 174 g/mol. The monoisotopic (exact) mass is 180 g/mol. The van der Waals surface area contributed by atoms with Crippen molar-refractivity contribution in [3.05, 3.63) is 5.69 Å². The van der Waals surface area contributed by atoms with Gasteiger partial charge in [-0.25, -0.2) is 4.79 Å². The highest BCUT2D eigenvalue weighted by Crippen LogP contribution is 2.21. The van der Waals surface area contributed by atoms with Crippen LogP contribution in [0.15, 0.2) is 0 Å². The van der Waals surface area contributed by atoms with Gasteiger partial charge in [0.05, 0.1) is 0 Å². The zero-order chi connectivity index (χ0) is 9.59. The number of nitrogens with one attached hydrogen (secondary N) is 1. The zero-order valence-electron chi connectivity index (χ0n) is 6.74. The lowest BCUT2D eigenvalue weighted by Crippen LogP contribution is -2.41. The smallest absolute Gasteiger partial charge is 0.352 e. The second-order valence-corrected chi connectivity index (χ2v) is 2.58. The molecule has 0 aliphatic carbocycles. The van der Waals surface area contributed by atoms with Gasteiger partial charge in [0.1, 0.15) is 0 Å². The number of aromatic amines is 1. The van der Waals surface area contributed by atoms with Crippen molar-refractivity contribution in [2.24, 2.45) is 0 Å². The maximum atomic E-state index is 11.1. The number of hydrogen-bond acceptors (Lipinski definition) is 4. The maximum Gasteiger partial charge on any atom is 0.352 e. The van der Waals surface area contributed by atoms with E-state index in [1.54, 1.807) is 0 Å². The molecule has 1 radical (unpaired) electrons. The fraction of sp³-hybridized carbons (Fsp3) is 0.167. The first-order chi connectivity index (χ1) is 6.09. The maximum absolute atomic E-state index is 11.1. The van der Waals surface area contributed by atoms with E-state index in [4.69, 9.17) is 5.73 Å². The summed E-state index contributed by atoms with van der Waals surface area (Å²) in [6.07, 6.45) is 0. The van der Waals surface area contributed by atoms with Crippen molar-refractivity contribution in [3.63, 3.8) is 0 Å². The van der Waals surface area contributed by atoms with Gasteiger partial charge in [-0.1, -0.05) is 0 Å². The van der Waals surface area contributed by atoms with Crippen LogP contribution in [0.1, 0.15) is 10.5 Å². The second-order valence-electron chi connectivity index (χ2n) is 2.58. The van der Waals surface area contributed by atoms with Gasteiger partial charge in [-0.15, -0.1) is 0 Å². The first-order valence-corrected chi connectivity index (χ1v) is 3.49. The minimum Gasteiger partial charge on any atom is -0.369 e. The Morgan fingerprint density at radius 1 is 1.46 bits per heavy atom.